The second-order valence-corrected chi connectivity index (χ2v) is 4.46. The van der Waals surface area contributed by atoms with Crippen molar-refractivity contribution in [1.29, 1.82) is 0 Å². The maximum atomic E-state index is 13.4. The Balaban J connectivity index is 2.19. The van der Waals surface area contributed by atoms with Gasteiger partial charge in [-0.05, 0) is 29.8 Å². The summed E-state index contributed by atoms with van der Waals surface area (Å²) >= 11 is 4.71. The third-order valence-corrected chi connectivity index (χ3v) is 2.82. The van der Waals surface area contributed by atoms with Crippen molar-refractivity contribution in [3.63, 3.8) is 0 Å². The monoisotopic (exact) mass is 297 g/mol. The number of benzene rings is 2. The second-order valence-electron chi connectivity index (χ2n) is 4.02. The lowest BCUT2D eigenvalue weighted by atomic mass is 10.1. The fourth-order valence-corrected chi connectivity index (χ4v) is 1.78. The standard InChI is InChI=1S/C14H10F3NOS/c15-10-5-4-8(6-9(10)14(18)20)7-19-13-11(16)2-1-3-12(13)17/h1-6H,7H2,(H2,18,20). The Morgan fingerprint density at radius 2 is 1.70 bits per heavy atom. The van der Waals surface area contributed by atoms with Gasteiger partial charge in [0.2, 0.25) is 0 Å². The highest BCUT2D eigenvalue weighted by atomic mass is 32.1. The first-order valence-corrected chi connectivity index (χ1v) is 6.05. The Labute approximate surface area is 119 Å². The molecule has 0 aliphatic carbocycles. The molecule has 0 radical (unpaired) electrons. The average Bonchev–Trinajstić information content (AvgIpc) is 2.39. The molecule has 0 saturated carbocycles. The van der Waals surface area contributed by atoms with Crippen LogP contribution < -0.4 is 10.5 Å². The van der Waals surface area contributed by atoms with Gasteiger partial charge in [0.05, 0.1) is 0 Å². The molecule has 2 aromatic carbocycles. The molecule has 0 saturated heterocycles. The average molecular weight is 297 g/mol. The van der Waals surface area contributed by atoms with E-state index < -0.39 is 23.2 Å². The minimum absolute atomic E-state index is 0.0649. The summed E-state index contributed by atoms with van der Waals surface area (Å²) in [7, 11) is 0. The Hall–Kier alpha value is -2.08. The minimum atomic E-state index is -0.804. The van der Waals surface area contributed by atoms with Gasteiger partial charge in [0, 0.05) is 5.56 Å². The first-order valence-electron chi connectivity index (χ1n) is 5.64. The van der Waals surface area contributed by atoms with E-state index in [4.69, 9.17) is 22.7 Å². The third-order valence-electron chi connectivity index (χ3n) is 2.60. The largest absolute Gasteiger partial charge is 0.483 e. The van der Waals surface area contributed by atoms with Gasteiger partial charge in [0.1, 0.15) is 17.4 Å². The van der Waals surface area contributed by atoms with Crippen LogP contribution in [-0.4, -0.2) is 4.99 Å². The minimum Gasteiger partial charge on any atom is -0.483 e. The van der Waals surface area contributed by atoms with E-state index in [0.29, 0.717) is 5.56 Å². The van der Waals surface area contributed by atoms with Crippen LogP contribution in [-0.2, 0) is 6.61 Å². The quantitative estimate of drug-likeness (QED) is 0.879. The van der Waals surface area contributed by atoms with Crippen molar-refractivity contribution < 1.29 is 17.9 Å². The van der Waals surface area contributed by atoms with Gasteiger partial charge >= 0.3 is 0 Å². The number of hydrogen-bond donors (Lipinski definition) is 1. The maximum Gasteiger partial charge on any atom is 0.191 e. The topological polar surface area (TPSA) is 35.2 Å². The number of ether oxygens (including phenoxy) is 1. The van der Waals surface area contributed by atoms with E-state index in [-0.39, 0.29) is 17.2 Å². The third kappa shape index (κ3) is 3.08. The summed E-state index contributed by atoms with van der Waals surface area (Å²) < 4.78 is 45.2. The zero-order valence-electron chi connectivity index (χ0n) is 10.2. The molecular weight excluding hydrogens is 287 g/mol. The fraction of sp³-hybridized carbons (Fsp3) is 0.0714. The maximum absolute atomic E-state index is 13.4. The van der Waals surface area contributed by atoms with E-state index in [9.17, 15) is 13.2 Å². The molecule has 0 unspecified atom stereocenters. The highest BCUT2D eigenvalue weighted by Gasteiger charge is 2.11. The molecule has 20 heavy (non-hydrogen) atoms. The predicted molar refractivity (Wildman–Crippen MR) is 73.0 cm³/mol. The van der Waals surface area contributed by atoms with Gasteiger partial charge in [-0.2, -0.15) is 0 Å². The molecule has 0 aliphatic rings. The molecule has 2 rings (SSSR count). The molecule has 0 spiro atoms. The molecule has 0 amide bonds. The lowest BCUT2D eigenvalue weighted by Crippen LogP contribution is -2.12. The molecule has 2 nitrogen and oxygen atoms in total. The Kier molecular flexibility index (Phi) is 4.24. The Morgan fingerprint density at radius 1 is 1.05 bits per heavy atom. The molecule has 104 valence electrons. The number of thiocarbonyl (C=S) groups is 1. The number of nitrogens with two attached hydrogens (primary N) is 1. The lowest BCUT2D eigenvalue weighted by Gasteiger charge is -2.09. The molecule has 0 heterocycles. The second kappa shape index (κ2) is 5.92. The summed E-state index contributed by atoms with van der Waals surface area (Å²) in [6, 6.07) is 7.39. The molecule has 0 aliphatic heterocycles. The zero-order valence-corrected chi connectivity index (χ0v) is 11.0. The predicted octanol–water partition coefficient (Wildman–Crippen LogP) is 3.32. The van der Waals surface area contributed by atoms with Crippen LogP contribution in [0.4, 0.5) is 13.2 Å². The summed E-state index contributed by atoms with van der Waals surface area (Å²) in [4.78, 5) is -0.0959. The number of para-hydroxylation sites is 1. The van der Waals surface area contributed by atoms with Gasteiger partial charge in [0.15, 0.2) is 17.4 Å². The first kappa shape index (κ1) is 14.3. The van der Waals surface area contributed by atoms with Crippen LogP contribution in [0.5, 0.6) is 5.75 Å². The van der Waals surface area contributed by atoms with E-state index in [1.807, 2.05) is 0 Å². The zero-order chi connectivity index (χ0) is 14.7. The van der Waals surface area contributed by atoms with Crippen molar-refractivity contribution in [1.82, 2.24) is 0 Å². The summed E-state index contributed by atoms with van der Waals surface area (Å²) in [6.07, 6.45) is 0. The van der Waals surface area contributed by atoms with Gasteiger partial charge in [-0.15, -0.1) is 0 Å². The van der Waals surface area contributed by atoms with Crippen molar-refractivity contribution >= 4 is 17.2 Å². The van der Waals surface area contributed by atoms with E-state index in [0.717, 1.165) is 12.1 Å². The fourth-order valence-electron chi connectivity index (χ4n) is 1.63. The van der Waals surface area contributed by atoms with Crippen molar-refractivity contribution in [2.45, 2.75) is 6.61 Å². The highest BCUT2D eigenvalue weighted by molar-refractivity contribution is 7.80. The molecule has 0 fully saturated rings. The SMILES string of the molecule is NC(=S)c1cc(COc2c(F)cccc2F)ccc1F. The Morgan fingerprint density at radius 3 is 2.30 bits per heavy atom. The lowest BCUT2D eigenvalue weighted by molar-refractivity contribution is 0.274. The van der Waals surface area contributed by atoms with Crippen molar-refractivity contribution in [3.8, 4) is 5.75 Å². The van der Waals surface area contributed by atoms with Crippen LogP contribution in [0.25, 0.3) is 0 Å². The molecule has 2 aromatic rings. The van der Waals surface area contributed by atoms with Crippen molar-refractivity contribution in [2.75, 3.05) is 0 Å². The van der Waals surface area contributed by atoms with Gasteiger partial charge in [0.25, 0.3) is 0 Å². The molecular formula is C14H10F3NOS. The van der Waals surface area contributed by atoms with Crippen molar-refractivity contribution in [3.05, 3.63) is 65.0 Å². The molecule has 2 N–H and O–H groups in total. The molecule has 6 heteroatoms. The molecule has 0 bridgehead atoms. The van der Waals surface area contributed by atoms with E-state index >= 15 is 0 Å². The normalized spacial score (nSPS) is 10.3. The highest BCUT2D eigenvalue weighted by Crippen LogP contribution is 2.22. The number of hydrogen-bond acceptors (Lipinski definition) is 2. The van der Waals surface area contributed by atoms with Crippen LogP contribution in [0.3, 0.4) is 0 Å². The van der Waals surface area contributed by atoms with Crippen LogP contribution in [0.1, 0.15) is 11.1 Å². The first-order chi connectivity index (χ1) is 9.49. The summed E-state index contributed by atoms with van der Waals surface area (Å²) in [5.41, 5.74) is 5.93. The van der Waals surface area contributed by atoms with Crippen LogP contribution in [0.2, 0.25) is 0 Å². The number of rotatable bonds is 4. The molecule has 0 atom stereocenters. The van der Waals surface area contributed by atoms with E-state index in [2.05, 4.69) is 0 Å². The van der Waals surface area contributed by atoms with Gasteiger partial charge < -0.3 is 10.5 Å². The van der Waals surface area contributed by atoms with E-state index in [1.165, 1.54) is 24.3 Å². The van der Waals surface area contributed by atoms with Crippen LogP contribution >= 0.6 is 12.2 Å². The van der Waals surface area contributed by atoms with Crippen molar-refractivity contribution in [2.24, 2.45) is 5.73 Å². The summed E-state index contributed by atoms with van der Waals surface area (Å²) in [5.74, 6) is -2.64. The smallest absolute Gasteiger partial charge is 0.191 e. The van der Waals surface area contributed by atoms with Gasteiger partial charge in [-0.3, -0.25) is 0 Å². The summed E-state index contributed by atoms with van der Waals surface area (Å²) in [5, 5.41) is 0. The van der Waals surface area contributed by atoms with Gasteiger partial charge in [-0.1, -0.05) is 24.4 Å². The number of halogens is 3. The Bertz CT molecular complexity index is 641. The van der Waals surface area contributed by atoms with E-state index in [1.54, 1.807) is 0 Å². The van der Waals surface area contributed by atoms with Crippen LogP contribution in [0, 0.1) is 17.5 Å². The summed E-state index contributed by atoms with van der Waals surface area (Å²) in [6.45, 7) is -0.131. The molecule has 0 aromatic heterocycles. The van der Waals surface area contributed by atoms with Crippen LogP contribution in [0.15, 0.2) is 36.4 Å². The van der Waals surface area contributed by atoms with Gasteiger partial charge in [-0.25, -0.2) is 13.2 Å².